The number of morpholine rings is 1. The predicted octanol–water partition coefficient (Wildman–Crippen LogP) is 2.90. The van der Waals surface area contributed by atoms with E-state index in [4.69, 9.17) is 4.74 Å². The monoisotopic (exact) mass is 463 g/mol. The molecule has 1 aliphatic rings. The van der Waals surface area contributed by atoms with Gasteiger partial charge in [-0.05, 0) is 12.1 Å². The van der Waals surface area contributed by atoms with Gasteiger partial charge in [0.05, 0.1) is 29.3 Å². The molecule has 0 aliphatic carbocycles. The van der Waals surface area contributed by atoms with Crippen LogP contribution in [-0.2, 0) is 27.1 Å². The summed E-state index contributed by atoms with van der Waals surface area (Å²) in [7, 11) is -3.59. The molecule has 0 unspecified atom stereocenters. The third-order valence-corrected chi connectivity index (χ3v) is 8.09. The van der Waals surface area contributed by atoms with Gasteiger partial charge in [-0.3, -0.25) is 4.57 Å². The average molecular weight is 464 g/mol. The highest BCUT2D eigenvalue weighted by Crippen LogP contribution is 2.28. The third kappa shape index (κ3) is 4.49. The van der Waals surface area contributed by atoms with Crippen LogP contribution in [0.1, 0.15) is 5.69 Å². The molecule has 0 radical (unpaired) electrons. The highest BCUT2D eigenvalue weighted by Gasteiger charge is 2.27. The van der Waals surface area contributed by atoms with E-state index in [0.717, 1.165) is 10.9 Å². The summed E-state index contributed by atoms with van der Waals surface area (Å²) in [6.45, 7) is 5.88. The lowest BCUT2D eigenvalue weighted by molar-refractivity contribution is 0.0730. The number of nitrogens with zero attached hydrogens (tertiary/aromatic N) is 5. The van der Waals surface area contributed by atoms with E-state index in [1.807, 2.05) is 16.0 Å². The molecule has 0 N–H and O–H groups in total. The van der Waals surface area contributed by atoms with Crippen LogP contribution in [0.3, 0.4) is 0 Å². The van der Waals surface area contributed by atoms with Crippen molar-refractivity contribution in [3.05, 3.63) is 53.5 Å². The van der Waals surface area contributed by atoms with Gasteiger partial charge in [0, 0.05) is 36.3 Å². The molecular weight excluding hydrogens is 442 g/mol. The van der Waals surface area contributed by atoms with Gasteiger partial charge in [-0.25, -0.2) is 13.4 Å². The maximum atomic E-state index is 13.0. The largest absolute Gasteiger partial charge is 0.379 e. The Labute approximate surface area is 183 Å². The van der Waals surface area contributed by atoms with Gasteiger partial charge in [-0.2, -0.15) is 4.31 Å². The quantitative estimate of drug-likeness (QED) is 0.375. The summed E-state index contributed by atoms with van der Waals surface area (Å²) in [5.74, 6) is 1.29. The number of thiazole rings is 1. The molecule has 3 aromatic rings. The zero-order valence-electron chi connectivity index (χ0n) is 16.2. The van der Waals surface area contributed by atoms with E-state index in [1.54, 1.807) is 41.1 Å². The van der Waals surface area contributed by atoms with E-state index in [2.05, 4.69) is 21.8 Å². The molecule has 1 saturated heterocycles. The molecule has 1 aromatic carbocycles. The van der Waals surface area contributed by atoms with Gasteiger partial charge in [0.2, 0.25) is 10.0 Å². The second-order valence-corrected chi connectivity index (χ2v) is 10.1. The number of sulfonamides is 1. The van der Waals surface area contributed by atoms with Crippen LogP contribution < -0.4 is 0 Å². The molecule has 158 valence electrons. The molecule has 0 atom stereocenters. The van der Waals surface area contributed by atoms with E-state index in [9.17, 15) is 8.42 Å². The first-order valence-corrected chi connectivity index (χ1v) is 12.7. The van der Waals surface area contributed by atoms with Gasteiger partial charge in [-0.1, -0.05) is 30.0 Å². The number of hydrogen-bond acceptors (Lipinski definition) is 8. The van der Waals surface area contributed by atoms with Crippen molar-refractivity contribution >= 4 is 33.1 Å². The molecule has 4 rings (SSSR count). The first-order chi connectivity index (χ1) is 14.6. The minimum absolute atomic E-state index is 0.242. The average Bonchev–Trinajstić information content (AvgIpc) is 3.43. The molecule has 1 aliphatic heterocycles. The van der Waals surface area contributed by atoms with Crippen LogP contribution in [0.25, 0.3) is 11.4 Å². The van der Waals surface area contributed by atoms with Gasteiger partial charge in [0.25, 0.3) is 0 Å². The van der Waals surface area contributed by atoms with E-state index in [-0.39, 0.29) is 4.90 Å². The van der Waals surface area contributed by atoms with Crippen molar-refractivity contribution in [2.24, 2.45) is 0 Å². The predicted molar refractivity (Wildman–Crippen MR) is 117 cm³/mol. The Morgan fingerprint density at radius 1 is 1.27 bits per heavy atom. The van der Waals surface area contributed by atoms with Crippen molar-refractivity contribution < 1.29 is 13.2 Å². The van der Waals surface area contributed by atoms with E-state index in [1.165, 1.54) is 16.1 Å². The minimum atomic E-state index is -3.59. The summed E-state index contributed by atoms with van der Waals surface area (Å²) >= 11 is 3.09. The van der Waals surface area contributed by atoms with Gasteiger partial charge in [-0.15, -0.1) is 28.1 Å². The number of hydrogen-bond donors (Lipinski definition) is 0. The summed E-state index contributed by atoms with van der Waals surface area (Å²) in [6.07, 6.45) is 1.77. The number of thioether (sulfide) groups is 1. The maximum absolute atomic E-state index is 13.0. The number of ether oxygens (including phenoxy) is 1. The van der Waals surface area contributed by atoms with Crippen molar-refractivity contribution in [3.63, 3.8) is 0 Å². The molecule has 0 saturated carbocycles. The Balaban J connectivity index is 1.63. The first kappa shape index (κ1) is 21.2. The summed E-state index contributed by atoms with van der Waals surface area (Å²) in [5, 5.41) is 11.4. The van der Waals surface area contributed by atoms with Gasteiger partial charge >= 0.3 is 0 Å². The summed E-state index contributed by atoms with van der Waals surface area (Å²) < 4.78 is 34.7. The molecular formula is C19H21N5O3S3. The van der Waals surface area contributed by atoms with Crippen LogP contribution >= 0.6 is 23.1 Å². The zero-order chi connectivity index (χ0) is 21.0. The lowest BCUT2D eigenvalue weighted by Crippen LogP contribution is -2.40. The number of aromatic nitrogens is 4. The van der Waals surface area contributed by atoms with Crippen LogP contribution in [0.4, 0.5) is 0 Å². The molecule has 2 aromatic heterocycles. The normalized spacial score (nSPS) is 15.3. The molecule has 30 heavy (non-hydrogen) atoms. The van der Waals surface area contributed by atoms with Crippen LogP contribution in [0.2, 0.25) is 0 Å². The fourth-order valence-corrected chi connectivity index (χ4v) is 6.05. The molecule has 1 fully saturated rings. The Morgan fingerprint density at radius 3 is 2.83 bits per heavy atom. The van der Waals surface area contributed by atoms with E-state index < -0.39 is 10.0 Å². The second kappa shape index (κ2) is 9.40. The van der Waals surface area contributed by atoms with Gasteiger partial charge in [0.15, 0.2) is 11.0 Å². The lowest BCUT2D eigenvalue weighted by atomic mass is 10.2. The van der Waals surface area contributed by atoms with Crippen molar-refractivity contribution in [1.82, 2.24) is 24.1 Å². The fraction of sp³-hybridized carbons (Fsp3) is 0.316. The van der Waals surface area contributed by atoms with Crippen LogP contribution in [0.5, 0.6) is 0 Å². The Hall–Kier alpha value is -2.05. The van der Waals surface area contributed by atoms with Crippen molar-refractivity contribution in [3.8, 4) is 11.4 Å². The topological polar surface area (TPSA) is 90.2 Å². The lowest BCUT2D eigenvalue weighted by Gasteiger charge is -2.26. The summed E-state index contributed by atoms with van der Waals surface area (Å²) in [5.41, 5.74) is 3.48. The number of rotatable bonds is 8. The molecule has 0 bridgehead atoms. The highest BCUT2D eigenvalue weighted by molar-refractivity contribution is 7.98. The van der Waals surface area contributed by atoms with Crippen LogP contribution in [-0.4, -0.2) is 58.8 Å². The SMILES string of the molecule is C=CCn1c(SCc2cscn2)nnc1-c1cccc(S(=O)(=O)N2CCOCC2)c1. The number of benzene rings is 1. The first-order valence-electron chi connectivity index (χ1n) is 9.32. The molecule has 11 heteroatoms. The van der Waals surface area contributed by atoms with Crippen molar-refractivity contribution in [2.75, 3.05) is 26.3 Å². The van der Waals surface area contributed by atoms with Crippen LogP contribution in [0.15, 0.2) is 57.9 Å². The van der Waals surface area contributed by atoms with Gasteiger partial charge in [0.1, 0.15) is 0 Å². The van der Waals surface area contributed by atoms with E-state index >= 15 is 0 Å². The minimum Gasteiger partial charge on any atom is -0.379 e. The Kier molecular flexibility index (Phi) is 6.64. The summed E-state index contributed by atoms with van der Waals surface area (Å²) in [6, 6.07) is 6.85. The Bertz CT molecular complexity index is 1110. The smallest absolute Gasteiger partial charge is 0.243 e. The molecule has 0 spiro atoms. The number of allylic oxidation sites excluding steroid dienone is 1. The van der Waals surface area contributed by atoms with Gasteiger partial charge < -0.3 is 4.74 Å². The van der Waals surface area contributed by atoms with Crippen LogP contribution in [0, 0.1) is 0 Å². The zero-order valence-corrected chi connectivity index (χ0v) is 18.6. The third-order valence-electron chi connectivity index (χ3n) is 4.56. The van der Waals surface area contributed by atoms with Crippen molar-refractivity contribution in [2.45, 2.75) is 22.3 Å². The molecule has 3 heterocycles. The Morgan fingerprint density at radius 2 is 2.10 bits per heavy atom. The summed E-state index contributed by atoms with van der Waals surface area (Å²) in [4.78, 5) is 4.54. The molecule has 8 nitrogen and oxygen atoms in total. The van der Waals surface area contributed by atoms with E-state index in [0.29, 0.717) is 50.0 Å². The van der Waals surface area contributed by atoms with Crippen molar-refractivity contribution in [1.29, 1.82) is 0 Å². The standard InChI is InChI=1S/C19H21N5O3S3/c1-2-6-24-18(21-22-19(24)29-13-16-12-28-14-20-16)15-4-3-5-17(11-15)30(25,26)23-7-9-27-10-8-23/h2-5,11-12,14H,1,6-10,13H2. The maximum Gasteiger partial charge on any atom is 0.243 e. The highest BCUT2D eigenvalue weighted by atomic mass is 32.2. The second-order valence-electron chi connectivity index (χ2n) is 6.52. The molecule has 0 amide bonds. The fourth-order valence-electron chi connectivity index (χ4n) is 3.08.